The zero-order chi connectivity index (χ0) is 17.9. The summed E-state index contributed by atoms with van der Waals surface area (Å²) < 4.78 is 13.1. The normalized spacial score (nSPS) is 30.7. The Morgan fingerprint density at radius 2 is 1.50 bits per heavy atom. The van der Waals surface area contributed by atoms with Gasteiger partial charge >= 0.3 is 0 Å². The van der Waals surface area contributed by atoms with Crippen LogP contribution < -0.4 is 0 Å². The lowest BCUT2D eigenvalue weighted by Crippen LogP contribution is -2.78. The highest BCUT2D eigenvalue weighted by Gasteiger charge is 2.72. The summed E-state index contributed by atoms with van der Waals surface area (Å²) in [4.78, 5) is 31.2. The molecule has 5 heteroatoms. The summed E-state index contributed by atoms with van der Waals surface area (Å²) in [5, 5.41) is 0. The van der Waals surface area contributed by atoms with E-state index in [1.807, 2.05) is 12.1 Å². The van der Waals surface area contributed by atoms with Crippen molar-refractivity contribution < 1.29 is 14.0 Å². The number of aromatic nitrogens is 1. The van der Waals surface area contributed by atoms with Crippen molar-refractivity contribution >= 4 is 11.8 Å². The van der Waals surface area contributed by atoms with E-state index < -0.39 is 0 Å². The first-order chi connectivity index (χ1) is 12.5. The van der Waals surface area contributed by atoms with E-state index in [-0.39, 0.29) is 34.5 Å². The minimum atomic E-state index is -0.306. The van der Waals surface area contributed by atoms with E-state index in [0.29, 0.717) is 12.8 Å². The monoisotopic (exact) mass is 350 g/mol. The molecule has 1 saturated heterocycles. The van der Waals surface area contributed by atoms with Gasteiger partial charge in [0.15, 0.2) is 0 Å². The molecule has 0 spiro atoms. The Labute approximate surface area is 151 Å². The number of carbonyl (C=O) groups excluding carboxylic acids is 2. The lowest BCUT2D eigenvalue weighted by molar-refractivity contribution is -0.195. The number of nitrogens with zero attached hydrogens (tertiary/aromatic N) is 2. The number of piperidine rings is 1. The number of amides is 2. The van der Waals surface area contributed by atoms with Gasteiger partial charge in [-0.3, -0.25) is 19.5 Å². The molecule has 1 aliphatic heterocycles. The highest BCUT2D eigenvalue weighted by molar-refractivity contribution is 6.00. The van der Waals surface area contributed by atoms with Crippen molar-refractivity contribution in [2.24, 2.45) is 0 Å². The van der Waals surface area contributed by atoms with Crippen LogP contribution in [0, 0.1) is 5.82 Å². The molecule has 4 fully saturated rings. The number of halogens is 1. The number of imide groups is 1. The summed E-state index contributed by atoms with van der Waals surface area (Å²) in [5.41, 5.74) is 1.97. The molecule has 0 radical (unpaired) electrons. The maximum Gasteiger partial charge on any atom is 0.230 e. The van der Waals surface area contributed by atoms with E-state index in [2.05, 4.69) is 4.98 Å². The van der Waals surface area contributed by atoms with E-state index >= 15 is 0 Å². The van der Waals surface area contributed by atoms with Crippen molar-refractivity contribution in [1.29, 1.82) is 0 Å². The number of benzene rings is 1. The second kappa shape index (κ2) is 5.22. The van der Waals surface area contributed by atoms with Gasteiger partial charge in [-0.2, -0.15) is 0 Å². The van der Waals surface area contributed by atoms with Gasteiger partial charge in [0.25, 0.3) is 0 Å². The molecule has 1 aromatic carbocycles. The van der Waals surface area contributed by atoms with Crippen molar-refractivity contribution in [3.8, 4) is 0 Å². The van der Waals surface area contributed by atoms with Crippen molar-refractivity contribution in [2.45, 2.75) is 49.0 Å². The third-order valence-electron chi connectivity index (χ3n) is 6.45. The zero-order valence-corrected chi connectivity index (χ0v) is 14.3. The first-order valence-corrected chi connectivity index (χ1v) is 9.03. The van der Waals surface area contributed by atoms with Crippen molar-refractivity contribution in [1.82, 2.24) is 9.88 Å². The highest BCUT2D eigenvalue weighted by atomic mass is 19.1. The highest BCUT2D eigenvalue weighted by Crippen LogP contribution is 2.70. The SMILES string of the molecule is O=C1CC(c2ccc(F)cc2)CC(=O)N1C12CC(c3ccncc3)(C1)C2. The van der Waals surface area contributed by atoms with Gasteiger partial charge in [-0.05, 0) is 54.7 Å². The fourth-order valence-electron chi connectivity index (χ4n) is 5.30. The van der Waals surface area contributed by atoms with Gasteiger partial charge in [0.2, 0.25) is 11.8 Å². The molecule has 1 aromatic heterocycles. The molecule has 2 bridgehead atoms. The lowest BCUT2D eigenvalue weighted by Gasteiger charge is -2.73. The largest absolute Gasteiger partial charge is 0.276 e. The van der Waals surface area contributed by atoms with E-state index in [9.17, 15) is 14.0 Å². The molecule has 3 aliphatic carbocycles. The van der Waals surface area contributed by atoms with Crippen LogP contribution in [0.25, 0.3) is 0 Å². The Hall–Kier alpha value is -2.56. The minimum Gasteiger partial charge on any atom is -0.276 e. The molecule has 4 nitrogen and oxygen atoms in total. The predicted octanol–water partition coefficient (Wildman–Crippen LogP) is 3.33. The van der Waals surface area contributed by atoms with Gasteiger partial charge in [-0.15, -0.1) is 0 Å². The third-order valence-corrected chi connectivity index (χ3v) is 6.45. The molecule has 26 heavy (non-hydrogen) atoms. The van der Waals surface area contributed by atoms with Gasteiger partial charge in [0.05, 0.1) is 5.54 Å². The maximum absolute atomic E-state index is 13.1. The zero-order valence-electron chi connectivity index (χ0n) is 14.3. The van der Waals surface area contributed by atoms with Crippen LogP contribution in [0.5, 0.6) is 0 Å². The fourth-order valence-corrected chi connectivity index (χ4v) is 5.30. The van der Waals surface area contributed by atoms with Gasteiger partial charge in [-0.25, -0.2) is 4.39 Å². The first-order valence-electron chi connectivity index (χ1n) is 9.03. The topological polar surface area (TPSA) is 50.3 Å². The Bertz CT molecular complexity index is 856. The van der Waals surface area contributed by atoms with E-state index in [1.54, 1.807) is 29.4 Å². The standard InChI is InChI=1S/C21H19FN2O2/c22-17-3-1-14(2-4-17)15-9-18(25)24(19(26)10-15)21-11-20(12-21,13-21)16-5-7-23-8-6-16/h1-8,15H,9-13H2. The Balaban J connectivity index is 1.32. The van der Waals surface area contributed by atoms with Crippen LogP contribution in [-0.4, -0.2) is 27.2 Å². The van der Waals surface area contributed by atoms with Gasteiger partial charge in [-0.1, -0.05) is 12.1 Å². The summed E-state index contributed by atoms with van der Waals surface area (Å²) in [6.45, 7) is 0. The Kier molecular flexibility index (Phi) is 3.15. The number of pyridine rings is 1. The average molecular weight is 350 g/mol. The summed E-state index contributed by atoms with van der Waals surface area (Å²) in [5.74, 6) is -0.621. The van der Waals surface area contributed by atoms with Crippen molar-refractivity contribution in [3.63, 3.8) is 0 Å². The van der Waals surface area contributed by atoms with Crippen molar-refractivity contribution in [3.05, 3.63) is 65.7 Å². The van der Waals surface area contributed by atoms with Crippen LogP contribution in [0.2, 0.25) is 0 Å². The van der Waals surface area contributed by atoms with Crippen LogP contribution in [0.4, 0.5) is 4.39 Å². The predicted molar refractivity (Wildman–Crippen MR) is 92.7 cm³/mol. The lowest BCUT2D eigenvalue weighted by atomic mass is 9.36. The second-order valence-corrected chi connectivity index (χ2v) is 8.05. The molecule has 0 unspecified atom stereocenters. The van der Waals surface area contributed by atoms with Crippen LogP contribution >= 0.6 is 0 Å². The van der Waals surface area contributed by atoms with Gasteiger partial charge in [0.1, 0.15) is 5.82 Å². The molecular weight excluding hydrogens is 331 g/mol. The van der Waals surface area contributed by atoms with Crippen molar-refractivity contribution in [2.75, 3.05) is 0 Å². The molecule has 2 amide bonds. The van der Waals surface area contributed by atoms with Gasteiger partial charge < -0.3 is 0 Å². The van der Waals surface area contributed by atoms with E-state index in [0.717, 1.165) is 24.8 Å². The maximum atomic E-state index is 13.1. The number of rotatable bonds is 3. The summed E-state index contributed by atoms with van der Waals surface area (Å²) in [7, 11) is 0. The minimum absolute atomic E-state index is 0.0846. The smallest absolute Gasteiger partial charge is 0.230 e. The number of likely N-dealkylation sites (tertiary alicyclic amines) is 1. The Morgan fingerprint density at radius 3 is 2.08 bits per heavy atom. The van der Waals surface area contributed by atoms with E-state index in [1.165, 1.54) is 17.7 Å². The summed E-state index contributed by atoms with van der Waals surface area (Å²) in [6, 6.07) is 10.2. The summed E-state index contributed by atoms with van der Waals surface area (Å²) >= 11 is 0. The van der Waals surface area contributed by atoms with Crippen LogP contribution in [0.15, 0.2) is 48.8 Å². The average Bonchev–Trinajstić information content (AvgIpc) is 2.56. The van der Waals surface area contributed by atoms with E-state index in [4.69, 9.17) is 0 Å². The number of hydrogen-bond acceptors (Lipinski definition) is 3. The van der Waals surface area contributed by atoms with Gasteiger partial charge in [0, 0.05) is 36.6 Å². The molecule has 6 rings (SSSR count). The molecule has 3 saturated carbocycles. The Morgan fingerprint density at radius 1 is 0.923 bits per heavy atom. The molecular formula is C21H19FN2O2. The second-order valence-electron chi connectivity index (χ2n) is 8.05. The molecule has 0 N–H and O–H groups in total. The molecule has 4 aliphatic rings. The molecule has 0 atom stereocenters. The quantitative estimate of drug-likeness (QED) is 0.798. The number of hydrogen-bond donors (Lipinski definition) is 0. The van der Waals surface area contributed by atoms with Crippen LogP contribution in [0.1, 0.15) is 49.1 Å². The molecule has 2 aromatic rings. The first kappa shape index (κ1) is 15.7. The molecule has 132 valence electrons. The molecule has 2 heterocycles. The van der Waals surface area contributed by atoms with Crippen LogP contribution in [0.3, 0.4) is 0 Å². The fraction of sp³-hybridized carbons (Fsp3) is 0.381. The number of carbonyl (C=O) groups is 2. The van der Waals surface area contributed by atoms with Crippen LogP contribution in [-0.2, 0) is 15.0 Å². The summed E-state index contributed by atoms with van der Waals surface area (Å²) in [6.07, 6.45) is 6.83. The third kappa shape index (κ3) is 2.09.